The molecule has 2 saturated heterocycles. The highest BCUT2D eigenvalue weighted by Crippen LogP contribution is 2.31. The standard InChI is InChI=1S/C24H25N3O3S/c28-22(20-10-6-9-19(15-20)17-26-12-4-5-13-26)25-11-14-27-23(29)21(31-24(27)30)16-18-7-2-1-3-8-18/h1-3,6-10,15-16H,4-5,11-14,17H2,(H,25,28)/b21-16+. The van der Waals surface area contributed by atoms with E-state index in [4.69, 9.17) is 0 Å². The van der Waals surface area contributed by atoms with Crippen molar-refractivity contribution in [1.29, 1.82) is 0 Å². The summed E-state index contributed by atoms with van der Waals surface area (Å²) < 4.78 is 0. The molecule has 2 fully saturated rings. The lowest BCUT2D eigenvalue weighted by Crippen LogP contribution is -2.37. The molecule has 0 aliphatic carbocycles. The lowest BCUT2D eigenvalue weighted by atomic mass is 10.1. The summed E-state index contributed by atoms with van der Waals surface area (Å²) >= 11 is 0.930. The van der Waals surface area contributed by atoms with Crippen molar-refractivity contribution in [2.45, 2.75) is 19.4 Å². The first-order valence-corrected chi connectivity index (χ1v) is 11.3. The highest BCUT2D eigenvalue weighted by atomic mass is 32.2. The Morgan fingerprint density at radius 3 is 2.58 bits per heavy atom. The zero-order valence-corrected chi connectivity index (χ0v) is 18.1. The third-order valence-electron chi connectivity index (χ3n) is 5.39. The Kier molecular flexibility index (Phi) is 6.84. The van der Waals surface area contributed by atoms with Crippen molar-refractivity contribution in [3.8, 4) is 0 Å². The van der Waals surface area contributed by atoms with Crippen molar-refractivity contribution in [2.75, 3.05) is 26.2 Å². The summed E-state index contributed by atoms with van der Waals surface area (Å²) in [5.41, 5.74) is 2.58. The molecule has 2 aromatic rings. The summed E-state index contributed by atoms with van der Waals surface area (Å²) in [5, 5.41) is 2.51. The van der Waals surface area contributed by atoms with E-state index in [-0.39, 0.29) is 30.1 Å². The molecule has 0 radical (unpaired) electrons. The summed E-state index contributed by atoms with van der Waals surface area (Å²) in [4.78, 5) is 41.3. The predicted molar refractivity (Wildman–Crippen MR) is 122 cm³/mol. The van der Waals surface area contributed by atoms with E-state index >= 15 is 0 Å². The largest absolute Gasteiger partial charge is 0.350 e. The van der Waals surface area contributed by atoms with Crippen molar-refractivity contribution in [3.05, 3.63) is 76.2 Å². The number of nitrogens with one attached hydrogen (secondary N) is 1. The first kappa shape index (κ1) is 21.3. The zero-order valence-electron chi connectivity index (χ0n) is 17.3. The van der Waals surface area contributed by atoms with E-state index in [9.17, 15) is 14.4 Å². The van der Waals surface area contributed by atoms with Crippen LogP contribution in [-0.4, -0.2) is 53.0 Å². The van der Waals surface area contributed by atoms with Gasteiger partial charge in [0.15, 0.2) is 0 Å². The van der Waals surface area contributed by atoms with Crippen LogP contribution in [0.25, 0.3) is 6.08 Å². The SMILES string of the molecule is O=C(NCCN1C(=O)S/C(=C/c2ccccc2)C1=O)c1cccc(CN2CCCC2)c1. The van der Waals surface area contributed by atoms with Gasteiger partial charge in [0.1, 0.15) is 0 Å². The van der Waals surface area contributed by atoms with Crippen LogP contribution in [0.2, 0.25) is 0 Å². The van der Waals surface area contributed by atoms with Gasteiger partial charge >= 0.3 is 0 Å². The third kappa shape index (κ3) is 5.42. The van der Waals surface area contributed by atoms with Crippen LogP contribution >= 0.6 is 11.8 Å². The molecule has 0 bridgehead atoms. The van der Waals surface area contributed by atoms with E-state index < -0.39 is 0 Å². The fraction of sp³-hybridized carbons (Fsp3) is 0.292. The number of benzene rings is 2. The summed E-state index contributed by atoms with van der Waals surface area (Å²) in [7, 11) is 0. The van der Waals surface area contributed by atoms with Crippen LogP contribution in [0.15, 0.2) is 59.5 Å². The molecule has 160 valence electrons. The van der Waals surface area contributed by atoms with Crippen LogP contribution in [0, 0.1) is 0 Å². The van der Waals surface area contributed by atoms with E-state index in [1.54, 1.807) is 12.1 Å². The molecule has 7 heteroatoms. The number of carbonyl (C=O) groups is 3. The van der Waals surface area contributed by atoms with Crippen molar-refractivity contribution >= 4 is 34.9 Å². The lowest BCUT2D eigenvalue weighted by molar-refractivity contribution is -0.122. The molecule has 6 nitrogen and oxygen atoms in total. The number of rotatable bonds is 7. The molecule has 1 N–H and O–H groups in total. The normalized spacial score (nSPS) is 18.2. The van der Waals surface area contributed by atoms with Gasteiger partial charge < -0.3 is 5.32 Å². The smallest absolute Gasteiger partial charge is 0.293 e. The highest BCUT2D eigenvalue weighted by molar-refractivity contribution is 8.18. The van der Waals surface area contributed by atoms with E-state index in [1.807, 2.05) is 48.5 Å². The van der Waals surface area contributed by atoms with Gasteiger partial charge in [0.05, 0.1) is 4.91 Å². The molecule has 31 heavy (non-hydrogen) atoms. The summed E-state index contributed by atoms with van der Waals surface area (Å²) in [5.74, 6) is -0.518. The number of carbonyl (C=O) groups excluding carboxylic acids is 3. The molecule has 3 amide bonds. The summed E-state index contributed by atoms with van der Waals surface area (Å²) in [6.07, 6.45) is 4.18. The number of amides is 3. The third-order valence-corrected chi connectivity index (χ3v) is 6.29. The van der Waals surface area contributed by atoms with Crippen LogP contribution in [0.5, 0.6) is 0 Å². The van der Waals surface area contributed by atoms with Crippen LogP contribution in [0.1, 0.15) is 34.3 Å². The van der Waals surface area contributed by atoms with Crippen molar-refractivity contribution in [1.82, 2.24) is 15.1 Å². The molecule has 4 rings (SSSR count). The Bertz CT molecular complexity index is 1000. The van der Waals surface area contributed by atoms with Gasteiger partial charge in [0, 0.05) is 25.2 Å². The first-order valence-electron chi connectivity index (χ1n) is 10.5. The van der Waals surface area contributed by atoms with E-state index in [0.29, 0.717) is 10.5 Å². The maximum absolute atomic E-state index is 12.6. The minimum absolute atomic E-state index is 0.149. The quantitative estimate of drug-likeness (QED) is 0.671. The van der Waals surface area contributed by atoms with Crippen LogP contribution in [-0.2, 0) is 11.3 Å². The molecule has 0 aromatic heterocycles. The van der Waals surface area contributed by atoms with E-state index in [0.717, 1.165) is 42.5 Å². The molecule has 0 saturated carbocycles. The topological polar surface area (TPSA) is 69.7 Å². The predicted octanol–water partition coefficient (Wildman–Crippen LogP) is 3.75. The van der Waals surface area contributed by atoms with Crippen molar-refractivity contribution < 1.29 is 14.4 Å². The zero-order chi connectivity index (χ0) is 21.6. The fourth-order valence-corrected chi connectivity index (χ4v) is 4.65. The second-order valence-electron chi connectivity index (χ2n) is 7.68. The molecule has 0 atom stereocenters. The number of likely N-dealkylation sites (tertiary alicyclic amines) is 1. The molecule has 2 heterocycles. The Balaban J connectivity index is 1.31. The van der Waals surface area contributed by atoms with Crippen LogP contribution in [0.4, 0.5) is 4.79 Å². The van der Waals surface area contributed by atoms with Crippen LogP contribution in [0.3, 0.4) is 0 Å². The second-order valence-corrected chi connectivity index (χ2v) is 8.68. The Labute approximate surface area is 186 Å². The minimum Gasteiger partial charge on any atom is -0.350 e. The maximum atomic E-state index is 12.6. The number of imide groups is 1. The van der Waals surface area contributed by atoms with E-state index in [2.05, 4.69) is 10.2 Å². The Hall–Kier alpha value is -2.90. The molecule has 2 aromatic carbocycles. The molecule has 0 spiro atoms. The second kappa shape index (κ2) is 9.94. The average molecular weight is 436 g/mol. The van der Waals surface area contributed by atoms with Crippen molar-refractivity contribution in [2.24, 2.45) is 0 Å². The number of thioether (sulfide) groups is 1. The molecule has 2 aliphatic rings. The van der Waals surface area contributed by atoms with Crippen LogP contribution < -0.4 is 5.32 Å². The van der Waals surface area contributed by atoms with Gasteiger partial charge in [-0.15, -0.1) is 0 Å². The van der Waals surface area contributed by atoms with E-state index in [1.165, 1.54) is 17.7 Å². The number of hydrogen-bond acceptors (Lipinski definition) is 5. The number of nitrogens with zero attached hydrogens (tertiary/aromatic N) is 2. The summed E-state index contributed by atoms with van der Waals surface area (Å²) in [6.45, 7) is 3.42. The average Bonchev–Trinajstić information content (AvgIpc) is 3.38. The van der Waals surface area contributed by atoms with Gasteiger partial charge in [-0.25, -0.2) is 0 Å². The van der Waals surface area contributed by atoms with Gasteiger partial charge in [-0.05, 0) is 67.0 Å². The molecule has 0 unspecified atom stereocenters. The molecule has 2 aliphatic heterocycles. The monoisotopic (exact) mass is 435 g/mol. The minimum atomic E-state index is -0.319. The van der Waals surface area contributed by atoms with Gasteiger partial charge in [0.25, 0.3) is 17.1 Å². The summed E-state index contributed by atoms with van der Waals surface area (Å²) in [6, 6.07) is 17.0. The van der Waals surface area contributed by atoms with Gasteiger partial charge in [-0.3, -0.25) is 24.2 Å². The molecular formula is C24H25N3O3S. The van der Waals surface area contributed by atoms with Gasteiger partial charge in [0.2, 0.25) is 0 Å². The lowest BCUT2D eigenvalue weighted by Gasteiger charge is -2.15. The van der Waals surface area contributed by atoms with Crippen molar-refractivity contribution in [3.63, 3.8) is 0 Å². The Morgan fingerprint density at radius 2 is 1.81 bits per heavy atom. The Morgan fingerprint density at radius 1 is 1.03 bits per heavy atom. The number of hydrogen-bond donors (Lipinski definition) is 1. The first-order chi connectivity index (χ1) is 15.1. The highest BCUT2D eigenvalue weighted by Gasteiger charge is 2.34. The fourth-order valence-electron chi connectivity index (χ4n) is 3.79. The van der Waals surface area contributed by atoms with Gasteiger partial charge in [-0.2, -0.15) is 0 Å². The maximum Gasteiger partial charge on any atom is 0.293 e. The van der Waals surface area contributed by atoms with Gasteiger partial charge in [-0.1, -0.05) is 42.5 Å². The molecular weight excluding hydrogens is 410 g/mol.